The van der Waals surface area contributed by atoms with E-state index in [1.807, 2.05) is 6.07 Å². The molecule has 134 valence electrons. The number of hydrogen-bond acceptors (Lipinski definition) is 6. The summed E-state index contributed by atoms with van der Waals surface area (Å²) in [5.41, 5.74) is 1.19. The lowest BCUT2D eigenvalue weighted by atomic mass is 10.2. The summed E-state index contributed by atoms with van der Waals surface area (Å²) in [6, 6.07) is 12.2. The summed E-state index contributed by atoms with van der Waals surface area (Å²) in [7, 11) is 4.67. The molecule has 0 aliphatic heterocycles. The third-order valence-corrected chi connectivity index (χ3v) is 3.70. The number of aromatic nitrogens is 3. The number of aromatic amines is 1. The maximum absolute atomic E-state index is 12.3. The van der Waals surface area contributed by atoms with Crippen LogP contribution in [0.5, 0.6) is 17.2 Å². The van der Waals surface area contributed by atoms with Gasteiger partial charge in [-0.3, -0.25) is 15.2 Å². The van der Waals surface area contributed by atoms with Gasteiger partial charge in [0.15, 0.2) is 17.3 Å². The molecule has 2 aromatic carbocycles. The minimum Gasteiger partial charge on any atom is -0.497 e. The van der Waals surface area contributed by atoms with E-state index >= 15 is 0 Å². The Morgan fingerprint density at radius 3 is 2.54 bits per heavy atom. The third kappa shape index (κ3) is 3.59. The summed E-state index contributed by atoms with van der Waals surface area (Å²) in [6.45, 7) is 0. The highest BCUT2D eigenvalue weighted by atomic mass is 16.5. The van der Waals surface area contributed by atoms with E-state index in [0.717, 1.165) is 5.56 Å². The van der Waals surface area contributed by atoms with Crippen molar-refractivity contribution in [3.8, 4) is 28.6 Å². The van der Waals surface area contributed by atoms with Crippen LogP contribution in [0.15, 0.2) is 42.5 Å². The molecule has 1 aromatic heterocycles. The van der Waals surface area contributed by atoms with Gasteiger partial charge >= 0.3 is 0 Å². The number of carbonyl (C=O) groups is 1. The first-order chi connectivity index (χ1) is 12.6. The highest BCUT2D eigenvalue weighted by molar-refractivity contribution is 6.03. The second kappa shape index (κ2) is 7.56. The Balaban J connectivity index is 1.78. The Bertz CT molecular complexity index is 923. The summed E-state index contributed by atoms with van der Waals surface area (Å²) < 4.78 is 15.6. The number of hydrogen-bond donors (Lipinski definition) is 2. The van der Waals surface area contributed by atoms with Gasteiger partial charge in [-0.25, -0.2) is 0 Å². The van der Waals surface area contributed by atoms with Crippen molar-refractivity contribution in [3.05, 3.63) is 48.0 Å². The SMILES string of the molecule is COc1cccc(C(=O)Nc2n[nH]c(-c3ccc(OC)c(OC)c3)n2)c1. The van der Waals surface area contributed by atoms with Crippen molar-refractivity contribution in [1.29, 1.82) is 0 Å². The summed E-state index contributed by atoms with van der Waals surface area (Å²) in [5.74, 6) is 2.11. The molecule has 0 aliphatic carbocycles. The van der Waals surface area contributed by atoms with Crippen LogP contribution in [0.3, 0.4) is 0 Å². The number of rotatable bonds is 6. The molecule has 3 rings (SSSR count). The van der Waals surface area contributed by atoms with E-state index in [9.17, 15) is 4.79 Å². The van der Waals surface area contributed by atoms with Gasteiger partial charge in [-0.15, -0.1) is 5.10 Å². The average molecular weight is 354 g/mol. The molecule has 0 unspecified atom stereocenters. The number of amides is 1. The molecular weight excluding hydrogens is 336 g/mol. The molecule has 1 heterocycles. The van der Waals surface area contributed by atoms with Crippen molar-refractivity contribution in [1.82, 2.24) is 15.2 Å². The second-order valence-electron chi connectivity index (χ2n) is 5.26. The van der Waals surface area contributed by atoms with Crippen LogP contribution in [0.2, 0.25) is 0 Å². The van der Waals surface area contributed by atoms with Gasteiger partial charge in [-0.1, -0.05) is 6.07 Å². The predicted molar refractivity (Wildman–Crippen MR) is 95.9 cm³/mol. The maximum Gasteiger partial charge on any atom is 0.258 e. The molecule has 0 radical (unpaired) electrons. The number of methoxy groups -OCH3 is 3. The Labute approximate surface area is 150 Å². The summed E-state index contributed by atoms with van der Waals surface area (Å²) in [5, 5.41) is 9.47. The normalized spacial score (nSPS) is 10.3. The standard InChI is InChI=1S/C18H18N4O4/c1-24-13-6-4-5-12(9-13)17(23)20-18-19-16(21-22-18)11-7-8-14(25-2)15(10-11)26-3/h4-10H,1-3H3,(H2,19,20,21,22,23). The van der Waals surface area contributed by atoms with Gasteiger partial charge in [0.25, 0.3) is 5.91 Å². The zero-order valence-corrected chi connectivity index (χ0v) is 14.6. The Kier molecular flexibility index (Phi) is 5.02. The van der Waals surface area contributed by atoms with Gasteiger partial charge in [0.05, 0.1) is 21.3 Å². The zero-order valence-electron chi connectivity index (χ0n) is 14.6. The van der Waals surface area contributed by atoms with Gasteiger partial charge in [0.2, 0.25) is 5.95 Å². The average Bonchev–Trinajstić information content (AvgIpc) is 3.15. The van der Waals surface area contributed by atoms with Crippen molar-refractivity contribution < 1.29 is 19.0 Å². The Hall–Kier alpha value is -3.55. The molecule has 0 saturated heterocycles. The fourth-order valence-corrected chi connectivity index (χ4v) is 2.37. The van der Waals surface area contributed by atoms with E-state index in [1.165, 1.54) is 0 Å². The molecule has 0 atom stereocenters. The predicted octanol–water partition coefficient (Wildman–Crippen LogP) is 2.75. The van der Waals surface area contributed by atoms with E-state index in [-0.39, 0.29) is 11.9 Å². The number of H-pyrrole nitrogens is 1. The van der Waals surface area contributed by atoms with Crippen molar-refractivity contribution in [2.45, 2.75) is 0 Å². The van der Waals surface area contributed by atoms with Crippen molar-refractivity contribution in [2.75, 3.05) is 26.6 Å². The van der Waals surface area contributed by atoms with Crippen LogP contribution >= 0.6 is 0 Å². The number of benzene rings is 2. The lowest BCUT2D eigenvalue weighted by Gasteiger charge is -2.08. The van der Waals surface area contributed by atoms with Crippen LogP contribution in [-0.4, -0.2) is 42.4 Å². The first-order valence-corrected chi connectivity index (χ1v) is 7.75. The largest absolute Gasteiger partial charge is 0.497 e. The smallest absolute Gasteiger partial charge is 0.258 e. The number of nitrogens with one attached hydrogen (secondary N) is 2. The maximum atomic E-state index is 12.3. The molecule has 0 aliphatic rings. The molecule has 8 heteroatoms. The van der Waals surface area contributed by atoms with Gasteiger partial charge < -0.3 is 14.2 Å². The summed E-state index contributed by atoms with van der Waals surface area (Å²) in [4.78, 5) is 16.6. The zero-order chi connectivity index (χ0) is 18.5. The second-order valence-corrected chi connectivity index (χ2v) is 5.26. The number of anilines is 1. The van der Waals surface area contributed by atoms with E-state index in [0.29, 0.717) is 28.6 Å². The molecule has 26 heavy (non-hydrogen) atoms. The lowest BCUT2D eigenvalue weighted by molar-refractivity contribution is 0.102. The highest BCUT2D eigenvalue weighted by Gasteiger charge is 2.13. The molecule has 8 nitrogen and oxygen atoms in total. The van der Waals surface area contributed by atoms with Crippen molar-refractivity contribution in [3.63, 3.8) is 0 Å². The summed E-state index contributed by atoms with van der Waals surface area (Å²) in [6.07, 6.45) is 0. The van der Waals surface area contributed by atoms with Crippen molar-refractivity contribution in [2.24, 2.45) is 0 Å². The molecule has 0 bridgehead atoms. The molecule has 0 fully saturated rings. The highest BCUT2D eigenvalue weighted by Crippen LogP contribution is 2.31. The topological polar surface area (TPSA) is 98.4 Å². The molecule has 3 aromatic rings. The number of ether oxygens (including phenoxy) is 3. The third-order valence-electron chi connectivity index (χ3n) is 3.70. The van der Waals surface area contributed by atoms with Crippen LogP contribution in [0.25, 0.3) is 11.4 Å². The molecular formula is C18H18N4O4. The molecule has 0 spiro atoms. The Morgan fingerprint density at radius 1 is 1.00 bits per heavy atom. The summed E-state index contributed by atoms with van der Waals surface area (Å²) >= 11 is 0. The molecule has 0 saturated carbocycles. The van der Waals surface area contributed by atoms with Gasteiger partial charge in [-0.2, -0.15) is 4.98 Å². The van der Waals surface area contributed by atoms with Gasteiger partial charge in [0.1, 0.15) is 5.75 Å². The van der Waals surface area contributed by atoms with Gasteiger partial charge in [-0.05, 0) is 36.4 Å². The van der Waals surface area contributed by atoms with Crippen LogP contribution < -0.4 is 19.5 Å². The molecule has 1 amide bonds. The Morgan fingerprint density at radius 2 is 1.81 bits per heavy atom. The van der Waals surface area contributed by atoms with Crippen molar-refractivity contribution >= 4 is 11.9 Å². The first kappa shape index (κ1) is 17.3. The fourth-order valence-electron chi connectivity index (χ4n) is 2.37. The van der Waals surface area contributed by atoms with Crippen LogP contribution in [0.4, 0.5) is 5.95 Å². The minimum atomic E-state index is -0.332. The van der Waals surface area contributed by atoms with E-state index in [1.54, 1.807) is 57.7 Å². The number of carbonyl (C=O) groups excluding carboxylic acids is 1. The minimum absolute atomic E-state index is 0.169. The van der Waals surface area contributed by atoms with Crippen LogP contribution in [-0.2, 0) is 0 Å². The van der Waals surface area contributed by atoms with E-state index < -0.39 is 0 Å². The van der Waals surface area contributed by atoms with Gasteiger partial charge in [0, 0.05) is 11.1 Å². The fraction of sp³-hybridized carbons (Fsp3) is 0.167. The van der Waals surface area contributed by atoms with E-state index in [2.05, 4.69) is 20.5 Å². The van der Waals surface area contributed by atoms with E-state index in [4.69, 9.17) is 14.2 Å². The van der Waals surface area contributed by atoms with Crippen LogP contribution in [0, 0.1) is 0 Å². The van der Waals surface area contributed by atoms with Crippen LogP contribution in [0.1, 0.15) is 10.4 Å². The first-order valence-electron chi connectivity index (χ1n) is 7.75. The monoisotopic (exact) mass is 354 g/mol. The molecule has 2 N–H and O–H groups in total. The number of nitrogens with zero attached hydrogens (tertiary/aromatic N) is 2. The quantitative estimate of drug-likeness (QED) is 0.706. The lowest BCUT2D eigenvalue weighted by Crippen LogP contribution is -2.13.